The van der Waals surface area contributed by atoms with Gasteiger partial charge in [-0.3, -0.25) is 14.3 Å². The van der Waals surface area contributed by atoms with Crippen LogP contribution in [-0.4, -0.2) is 56.2 Å². The Morgan fingerprint density at radius 2 is 2.08 bits per heavy atom. The van der Waals surface area contributed by atoms with Crippen LogP contribution >= 0.6 is 0 Å². The van der Waals surface area contributed by atoms with Gasteiger partial charge in [-0.15, -0.1) is 0 Å². The first-order chi connectivity index (χ1) is 11.9. The number of ketones is 1. The van der Waals surface area contributed by atoms with Crippen LogP contribution in [0.3, 0.4) is 0 Å². The van der Waals surface area contributed by atoms with Gasteiger partial charge >= 0.3 is 5.69 Å². The maximum Gasteiger partial charge on any atom is 0.351 e. The van der Waals surface area contributed by atoms with Gasteiger partial charge in [-0.05, 0) is 32.8 Å². The Labute approximate surface area is 146 Å². The fraction of sp³-hybridized carbons (Fsp3) is 0.706. The third kappa shape index (κ3) is 3.75. The lowest BCUT2D eigenvalue weighted by molar-refractivity contribution is -0.138. The number of ether oxygens (including phenoxy) is 1. The lowest BCUT2D eigenvalue weighted by Crippen LogP contribution is -2.49. The normalized spacial score (nSPS) is 33.5. The van der Waals surface area contributed by atoms with Crippen molar-refractivity contribution < 1.29 is 14.6 Å². The Balaban J connectivity index is 1.68. The van der Waals surface area contributed by atoms with Gasteiger partial charge in [-0.1, -0.05) is 6.42 Å². The number of nitrogens with zero attached hydrogens (tertiary/aromatic N) is 3. The highest BCUT2D eigenvalue weighted by Crippen LogP contribution is 2.29. The highest BCUT2D eigenvalue weighted by Gasteiger charge is 2.41. The van der Waals surface area contributed by atoms with Crippen LogP contribution in [0, 0.1) is 0 Å². The van der Waals surface area contributed by atoms with Gasteiger partial charge in [0.05, 0.1) is 12.6 Å². The SMILES string of the molecule is CC1CCCC(C)N1CC(=O)[C@H]1O[C@@H](n2ccc(N)nc2=O)C[C@@H]1O. The number of carbonyl (C=O) groups excluding carboxylic acids is 1. The van der Waals surface area contributed by atoms with E-state index >= 15 is 0 Å². The third-order valence-electron chi connectivity index (χ3n) is 5.29. The molecule has 3 N–H and O–H groups in total. The van der Waals surface area contributed by atoms with Crippen LogP contribution in [0.5, 0.6) is 0 Å². The highest BCUT2D eigenvalue weighted by atomic mass is 16.5. The van der Waals surface area contributed by atoms with E-state index in [1.165, 1.54) is 23.3 Å². The molecule has 1 aromatic heterocycles. The molecule has 0 saturated carbocycles. The highest BCUT2D eigenvalue weighted by molar-refractivity contribution is 5.86. The molecule has 2 aliphatic heterocycles. The molecule has 2 unspecified atom stereocenters. The molecule has 3 rings (SSSR count). The van der Waals surface area contributed by atoms with Crippen LogP contribution in [0.15, 0.2) is 17.1 Å². The summed E-state index contributed by atoms with van der Waals surface area (Å²) in [6, 6.07) is 2.17. The van der Waals surface area contributed by atoms with Crippen molar-refractivity contribution in [3.63, 3.8) is 0 Å². The van der Waals surface area contributed by atoms with E-state index < -0.39 is 24.1 Å². The third-order valence-corrected chi connectivity index (χ3v) is 5.29. The Morgan fingerprint density at radius 1 is 1.40 bits per heavy atom. The molecule has 0 aromatic carbocycles. The molecule has 8 nitrogen and oxygen atoms in total. The zero-order valence-electron chi connectivity index (χ0n) is 14.7. The largest absolute Gasteiger partial charge is 0.390 e. The second-order valence-corrected chi connectivity index (χ2v) is 7.12. The number of carbonyl (C=O) groups is 1. The van der Waals surface area contributed by atoms with Gasteiger partial charge < -0.3 is 15.6 Å². The minimum absolute atomic E-state index is 0.125. The van der Waals surface area contributed by atoms with Crippen LogP contribution in [0.4, 0.5) is 5.82 Å². The summed E-state index contributed by atoms with van der Waals surface area (Å²) < 4.78 is 6.97. The number of anilines is 1. The summed E-state index contributed by atoms with van der Waals surface area (Å²) in [5.74, 6) is -0.0208. The fourth-order valence-corrected chi connectivity index (χ4v) is 3.82. The maximum atomic E-state index is 12.7. The average Bonchev–Trinajstić information content (AvgIpc) is 2.92. The predicted molar refractivity (Wildman–Crippen MR) is 91.9 cm³/mol. The number of piperidine rings is 1. The number of hydrogen-bond acceptors (Lipinski definition) is 7. The van der Waals surface area contributed by atoms with Gasteiger partial charge in [0.15, 0.2) is 5.78 Å². The van der Waals surface area contributed by atoms with Crippen LogP contribution in [-0.2, 0) is 9.53 Å². The number of likely N-dealkylation sites (tertiary alicyclic amines) is 1. The van der Waals surface area contributed by atoms with E-state index in [0.29, 0.717) is 12.1 Å². The van der Waals surface area contributed by atoms with Gasteiger partial charge in [0.2, 0.25) is 0 Å². The number of hydrogen-bond donors (Lipinski definition) is 2. The minimum Gasteiger partial charge on any atom is -0.390 e. The topological polar surface area (TPSA) is 111 Å². The summed E-state index contributed by atoms with van der Waals surface area (Å²) in [5, 5.41) is 10.3. The summed E-state index contributed by atoms with van der Waals surface area (Å²) in [6.45, 7) is 4.50. The summed E-state index contributed by atoms with van der Waals surface area (Å²) >= 11 is 0. The first-order valence-electron chi connectivity index (χ1n) is 8.83. The summed E-state index contributed by atoms with van der Waals surface area (Å²) in [6.07, 6.45) is 2.40. The van der Waals surface area contributed by atoms with Crippen molar-refractivity contribution in [2.75, 3.05) is 12.3 Å². The summed E-state index contributed by atoms with van der Waals surface area (Å²) in [7, 11) is 0. The molecule has 8 heteroatoms. The number of nitrogen functional groups attached to an aromatic ring is 1. The second-order valence-electron chi connectivity index (χ2n) is 7.12. The van der Waals surface area contributed by atoms with E-state index in [9.17, 15) is 14.7 Å². The zero-order valence-corrected chi connectivity index (χ0v) is 14.7. The molecular weight excluding hydrogens is 324 g/mol. The van der Waals surface area contributed by atoms with E-state index in [4.69, 9.17) is 10.5 Å². The maximum absolute atomic E-state index is 12.7. The molecule has 2 fully saturated rings. The van der Waals surface area contributed by atoms with Crippen molar-refractivity contribution in [2.24, 2.45) is 0 Å². The van der Waals surface area contributed by atoms with Gasteiger partial charge in [-0.2, -0.15) is 4.98 Å². The monoisotopic (exact) mass is 350 g/mol. The zero-order chi connectivity index (χ0) is 18.1. The number of aliphatic hydroxyl groups excluding tert-OH is 1. The van der Waals surface area contributed by atoms with E-state index in [1.807, 2.05) is 0 Å². The number of aliphatic hydroxyl groups is 1. The Kier molecular flexibility index (Phi) is 5.21. The molecule has 0 aliphatic carbocycles. The van der Waals surface area contributed by atoms with Crippen LogP contribution in [0.1, 0.15) is 45.8 Å². The van der Waals surface area contributed by atoms with Gasteiger partial charge in [0, 0.05) is 24.7 Å². The Morgan fingerprint density at radius 3 is 2.72 bits per heavy atom. The molecular formula is C17H26N4O4. The molecule has 2 saturated heterocycles. The molecule has 3 heterocycles. The second kappa shape index (κ2) is 7.23. The average molecular weight is 350 g/mol. The molecule has 138 valence electrons. The standard InChI is InChI=1S/C17H26N4O4/c1-10-4-3-5-11(2)21(10)9-13(23)16-12(22)8-15(25-16)20-7-6-14(18)19-17(20)24/h6-7,10-12,15-16,22H,3-5,8-9H2,1-2H3,(H2,18,19,24)/t10?,11?,12-,15+,16-/m0/s1. The molecule has 0 bridgehead atoms. The van der Waals surface area contributed by atoms with Crippen molar-refractivity contribution >= 4 is 11.6 Å². The molecule has 1 aromatic rings. The Hall–Kier alpha value is -1.77. The van der Waals surface area contributed by atoms with E-state index in [-0.39, 0.29) is 24.6 Å². The van der Waals surface area contributed by atoms with E-state index in [2.05, 4.69) is 23.7 Å². The molecule has 5 atom stereocenters. The first-order valence-corrected chi connectivity index (χ1v) is 8.83. The summed E-state index contributed by atoms with van der Waals surface area (Å²) in [5.41, 5.74) is 4.93. The van der Waals surface area contributed by atoms with Crippen LogP contribution < -0.4 is 11.4 Å². The Bertz CT molecular complexity index is 681. The quantitative estimate of drug-likeness (QED) is 0.804. The number of rotatable bonds is 4. The van der Waals surface area contributed by atoms with Crippen molar-refractivity contribution in [3.8, 4) is 0 Å². The summed E-state index contributed by atoms with van der Waals surface area (Å²) in [4.78, 5) is 30.4. The number of Topliss-reactive ketones (excluding diaryl/α,β-unsaturated/α-hetero) is 1. The van der Waals surface area contributed by atoms with Crippen molar-refractivity contribution in [1.82, 2.24) is 14.5 Å². The predicted octanol–water partition coefficient (Wildman–Crippen LogP) is 0.306. The smallest absolute Gasteiger partial charge is 0.351 e. The molecule has 0 radical (unpaired) electrons. The lowest BCUT2D eigenvalue weighted by Gasteiger charge is -2.38. The fourth-order valence-electron chi connectivity index (χ4n) is 3.82. The van der Waals surface area contributed by atoms with Gasteiger partial charge in [0.1, 0.15) is 18.1 Å². The lowest BCUT2D eigenvalue weighted by atomic mass is 9.96. The number of nitrogens with two attached hydrogens (primary N) is 1. The molecule has 2 aliphatic rings. The number of aromatic nitrogens is 2. The molecule has 25 heavy (non-hydrogen) atoms. The van der Waals surface area contributed by atoms with E-state index in [1.54, 1.807) is 0 Å². The van der Waals surface area contributed by atoms with Crippen molar-refractivity contribution in [2.45, 2.75) is 70.1 Å². The molecule has 0 spiro atoms. The van der Waals surface area contributed by atoms with Crippen LogP contribution in [0.2, 0.25) is 0 Å². The first kappa shape index (κ1) is 18.0. The van der Waals surface area contributed by atoms with Gasteiger partial charge in [-0.25, -0.2) is 4.79 Å². The van der Waals surface area contributed by atoms with Gasteiger partial charge in [0.25, 0.3) is 0 Å². The van der Waals surface area contributed by atoms with Crippen molar-refractivity contribution in [3.05, 3.63) is 22.7 Å². The minimum atomic E-state index is -0.933. The van der Waals surface area contributed by atoms with E-state index in [0.717, 1.165) is 12.8 Å². The molecule has 0 amide bonds. The van der Waals surface area contributed by atoms with Crippen LogP contribution in [0.25, 0.3) is 0 Å². The van der Waals surface area contributed by atoms with Crippen molar-refractivity contribution in [1.29, 1.82) is 0 Å².